The normalized spacial score (nSPS) is 21.4. The van der Waals surface area contributed by atoms with Crippen molar-refractivity contribution in [2.75, 3.05) is 31.1 Å². The molecule has 0 spiro atoms. The average Bonchev–Trinajstić information content (AvgIpc) is 3.28. The molecule has 7 nitrogen and oxygen atoms in total. The molecular weight excluding hydrogens is 398 g/mol. The first kappa shape index (κ1) is 22.8. The number of rotatable bonds is 12. The fourth-order valence-corrected chi connectivity index (χ4v) is 5.40. The highest BCUT2D eigenvalue weighted by atomic mass is 33.1. The van der Waals surface area contributed by atoms with Crippen molar-refractivity contribution in [1.29, 1.82) is 0 Å². The van der Waals surface area contributed by atoms with E-state index in [-0.39, 0.29) is 42.6 Å². The first-order chi connectivity index (χ1) is 13.5. The molecule has 2 atom stereocenters. The monoisotopic (exact) mass is 427 g/mol. The maximum atomic E-state index is 12.3. The van der Waals surface area contributed by atoms with Gasteiger partial charge in [0, 0.05) is 55.6 Å². The zero-order valence-electron chi connectivity index (χ0n) is 16.3. The zero-order chi connectivity index (χ0) is 20.4. The van der Waals surface area contributed by atoms with Crippen molar-refractivity contribution in [2.24, 2.45) is 11.8 Å². The second-order valence-corrected chi connectivity index (χ2v) is 9.73. The van der Waals surface area contributed by atoms with E-state index in [1.807, 2.05) is 0 Å². The Balaban J connectivity index is 1.56. The van der Waals surface area contributed by atoms with E-state index in [2.05, 4.69) is 17.6 Å². The molecule has 156 valence electrons. The van der Waals surface area contributed by atoms with Gasteiger partial charge in [0.2, 0.25) is 11.8 Å². The number of nitrogens with one attached hydrogen (secondary N) is 2. The van der Waals surface area contributed by atoms with Gasteiger partial charge in [-0.05, 0) is 31.6 Å². The fourth-order valence-electron chi connectivity index (χ4n) is 3.27. The van der Waals surface area contributed by atoms with Gasteiger partial charge in [-0.1, -0.05) is 28.5 Å². The van der Waals surface area contributed by atoms with E-state index in [9.17, 15) is 19.2 Å². The first-order valence-corrected chi connectivity index (χ1v) is 12.3. The molecule has 9 heteroatoms. The number of carbonyl (C=O) groups excluding carboxylic acids is 4. The predicted molar refractivity (Wildman–Crippen MR) is 113 cm³/mol. The third kappa shape index (κ3) is 7.50. The highest BCUT2D eigenvalue weighted by Crippen LogP contribution is 2.30. The Bertz CT molecular complexity index is 594. The summed E-state index contributed by atoms with van der Waals surface area (Å²) >= 11 is 0. The Morgan fingerprint density at radius 3 is 2.54 bits per heavy atom. The Morgan fingerprint density at radius 1 is 1.11 bits per heavy atom. The van der Waals surface area contributed by atoms with Gasteiger partial charge in [0.15, 0.2) is 0 Å². The van der Waals surface area contributed by atoms with Gasteiger partial charge >= 0.3 is 0 Å². The lowest BCUT2D eigenvalue weighted by Crippen LogP contribution is -2.39. The summed E-state index contributed by atoms with van der Waals surface area (Å²) in [6.07, 6.45) is 6.64. The molecule has 1 aliphatic heterocycles. The molecule has 1 fully saturated rings. The van der Waals surface area contributed by atoms with Gasteiger partial charge in [0.1, 0.15) is 0 Å². The van der Waals surface area contributed by atoms with Gasteiger partial charge < -0.3 is 10.6 Å². The number of hydrogen-bond acceptors (Lipinski definition) is 6. The van der Waals surface area contributed by atoms with E-state index in [0.29, 0.717) is 18.9 Å². The standard InChI is InChI=1S/C19H29N3O4S2/c1-2-10-27-28-11-7-16(23)21-13-14-3-4-15(12-14)19(26)20-8-9-22-17(24)5-6-18(22)25/h5-6,14-15H,2-4,7-13H2,1H3,(H,20,26)(H,21,23). The molecule has 0 aromatic carbocycles. The van der Waals surface area contributed by atoms with Crippen LogP contribution in [-0.4, -0.2) is 59.7 Å². The van der Waals surface area contributed by atoms with Crippen LogP contribution in [0.15, 0.2) is 12.2 Å². The van der Waals surface area contributed by atoms with Crippen LogP contribution >= 0.6 is 21.6 Å². The van der Waals surface area contributed by atoms with Crippen molar-refractivity contribution >= 4 is 45.2 Å². The average molecular weight is 428 g/mol. The SMILES string of the molecule is CCCSSCCC(=O)NCC1CCC(C(=O)NCCN2C(=O)C=CC2=O)C1. The highest BCUT2D eigenvalue weighted by molar-refractivity contribution is 8.76. The Morgan fingerprint density at radius 2 is 1.82 bits per heavy atom. The molecule has 28 heavy (non-hydrogen) atoms. The molecule has 0 radical (unpaired) electrons. The fraction of sp³-hybridized carbons (Fsp3) is 0.684. The number of amides is 4. The van der Waals surface area contributed by atoms with Crippen LogP contribution in [0.4, 0.5) is 0 Å². The topological polar surface area (TPSA) is 95.6 Å². The molecule has 2 unspecified atom stereocenters. The molecule has 1 aliphatic carbocycles. The zero-order valence-corrected chi connectivity index (χ0v) is 17.9. The molecule has 2 rings (SSSR count). The van der Waals surface area contributed by atoms with Crippen molar-refractivity contribution in [3.05, 3.63) is 12.2 Å². The first-order valence-electron chi connectivity index (χ1n) is 9.83. The number of carbonyl (C=O) groups is 4. The molecule has 0 aromatic heterocycles. The van der Waals surface area contributed by atoms with Gasteiger partial charge in [-0.3, -0.25) is 24.1 Å². The minimum atomic E-state index is -0.335. The van der Waals surface area contributed by atoms with E-state index >= 15 is 0 Å². The largest absolute Gasteiger partial charge is 0.356 e. The quantitative estimate of drug-likeness (QED) is 0.280. The molecule has 1 heterocycles. The molecule has 2 aliphatic rings. The maximum Gasteiger partial charge on any atom is 0.253 e. The van der Waals surface area contributed by atoms with Crippen LogP contribution in [0.3, 0.4) is 0 Å². The van der Waals surface area contributed by atoms with E-state index in [4.69, 9.17) is 0 Å². The lowest BCUT2D eigenvalue weighted by molar-refractivity contribution is -0.137. The summed E-state index contributed by atoms with van der Waals surface area (Å²) in [4.78, 5) is 48.2. The van der Waals surface area contributed by atoms with Gasteiger partial charge in [0.05, 0.1) is 0 Å². The lowest BCUT2D eigenvalue weighted by atomic mass is 10.0. The van der Waals surface area contributed by atoms with Crippen LogP contribution in [0.1, 0.15) is 39.0 Å². The van der Waals surface area contributed by atoms with Crippen LogP contribution in [-0.2, 0) is 19.2 Å². The molecule has 0 bridgehead atoms. The van der Waals surface area contributed by atoms with Gasteiger partial charge in [-0.15, -0.1) is 0 Å². The summed E-state index contributed by atoms with van der Waals surface area (Å²) in [5, 5.41) is 5.80. The van der Waals surface area contributed by atoms with E-state index in [0.717, 1.165) is 42.1 Å². The van der Waals surface area contributed by atoms with Crippen LogP contribution in [0.25, 0.3) is 0 Å². The summed E-state index contributed by atoms with van der Waals surface area (Å²) < 4.78 is 0. The number of imide groups is 1. The second-order valence-electron chi connectivity index (χ2n) is 7.03. The van der Waals surface area contributed by atoms with Crippen molar-refractivity contribution < 1.29 is 19.2 Å². The third-order valence-electron chi connectivity index (χ3n) is 4.82. The molecule has 2 N–H and O–H groups in total. The van der Waals surface area contributed by atoms with Crippen molar-refractivity contribution in [1.82, 2.24) is 15.5 Å². The third-order valence-corrected chi connectivity index (χ3v) is 7.43. The lowest BCUT2D eigenvalue weighted by Gasteiger charge is -2.16. The van der Waals surface area contributed by atoms with Crippen LogP contribution in [0.2, 0.25) is 0 Å². The van der Waals surface area contributed by atoms with Gasteiger partial charge in [-0.2, -0.15) is 0 Å². The van der Waals surface area contributed by atoms with Crippen LogP contribution < -0.4 is 10.6 Å². The highest BCUT2D eigenvalue weighted by Gasteiger charge is 2.30. The van der Waals surface area contributed by atoms with Gasteiger partial charge in [0.25, 0.3) is 11.8 Å². The minimum absolute atomic E-state index is 0.0368. The number of hydrogen-bond donors (Lipinski definition) is 2. The molecule has 0 saturated heterocycles. The Labute approximate surface area is 174 Å². The van der Waals surface area contributed by atoms with Gasteiger partial charge in [-0.25, -0.2) is 0 Å². The smallest absolute Gasteiger partial charge is 0.253 e. The summed E-state index contributed by atoms with van der Waals surface area (Å²) in [6, 6.07) is 0. The minimum Gasteiger partial charge on any atom is -0.356 e. The van der Waals surface area contributed by atoms with Crippen LogP contribution in [0, 0.1) is 11.8 Å². The van der Waals surface area contributed by atoms with Crippen molar-refractivity contribution in [3.8, 4) is 0 Å². The molecule has 4 amide bonds. The van der Waals surface area contributed by atoms with E-state index < -0.39 is 0 Å². The van der Waals surface area contributed by atoms with E-state index in [1.165, 1.54) is 12.2 Å². The Hall–Kier alpha value is -1.48. The van der Waals surface area contributed by atoms with E-state index in [1.54, 1.807) is 21.6 Å². The number of nitrogens with zero attached hydrogens (tertiary/aromatic N) is 1. The summed E-state index contributed by atoms with van der Waals surface area (Å²) in [5.41, 5.74) is 0. The maximum absolute atomic E-state index is 12.3. The summed E-state index contributed by atoms with van der Waals surface area (Å²) in [5.74, 6) is 1.56. The van der Waals surface area contributed by atoms with Crippen molar-refractivity contribution in [3.63, 3.8) is 0 Å². The van der Waals surface area contributed by atoms with Crippen molar-refractivity contribution in [2.45, 2.75) is 39.0 Å². The molecule has 1 saturated carbocycles. The predicted octanol–water partition coefficient (Wildman–Crippen LogP) is 1.74. The molecular formula is C19H29N3O4S2. The summed E-state index contributed by atoms with van der Waals surface area (Å²) in [6.45, 7) is 3.22. The summed E-state index contributed by atoms with van der Waals surface area (Å²) in [7, 11) is 3.54. The van der Waals surface area contributed by atoms with Crippen LogP contribution in [0.5, 0.6) is 0 Å². The Kier molecular flexibility index (Phi) is 9.91. The second kappa shape index (κ2) is 12.2. The molecule has 0 aromatic rings.